The number of pyridine rings is 1. The van der Waals surface area contributed by atoms with E-state index in [0.29, 0.717) is 0 Å². The van der Waals surface area contributed by atoms with Gasteiger partial charge in [-0.15, -0.1) is 0 Å². The Labute approximate surface area is 141 Å². The maximum atomic E-state index is 4.65. The molecule has 4 nitrogen and oxygen atoms in total. The Morgan fingerprint density at radius 3 is 2.78 bits per heavy atom. The molecule has 0 bridgehead atoms. The zero-order valence-electron chi connectivity index (χ0n) is 13.4. The van der Waals surface area contributed by atoms with Gasteiger partial charge in [-0.2, -0.15) is 5.10 Å². The summed E-state index contributed by atoms with van der Waals surface area (Å²) in [6, 6.07) is 2.25. The van der Waals surface area contributed by atoms with Gasteiger partial charge in [0.15, 0.2) is 0 Å². The van der Waals surface area contributed by atoms with Crippen LogP contribution in [-0.2, 0) is 7.05 Å². The monoisotopic (exact) mass is 324 g/mol. The molecule has 0 spiro atoms. The fourth-order valence-electron chi connectivity index (χ4n) is 3.28. The molecule has 0 saturated heterocycles. The Hall–Kier alpha value is -2.01. The first-order valence-corrected chi connectivity index (χ1v) is 8.40. The van der Waals surface area contributed by atoms with E-state index in [1.54, 1.807) is 3.97 Å². The molecule has 1 unspecified atom stereocenters. The van der Waals surface area contributed by atoms with Gasteiger partial charge < -0.3 is 0 Å². The van der Waals surface area contributed by atoms with Crippen LogP contribution in [-0.4, -0.2) is 18.7 Å². The molecule has 0 saturated carbocycles. The van der Waals surface area contributed by atoms with Crippen molar-refractivity contribution in [2.24, 2.45) is 13.0 Å². The Kier molecular flexibility index (Phi) is 3.53. The lowest BCUT2D eigenvalue weighted by molar-refractivity contribution is 0.534. The average Bonchev–Trinajstić information content (AvgIpc) is 3.12. The van der Waals surface area contributed by atoms with Gasteiger partial charge in [0, 0.05) is 42.2 Å². The van der Waals surface area contributed by atoms with Crippen LogP contribution < -0.4 is 0 Å². The Balaban J connectivity index is 1.84. The minimum absolute atomic E-state index is 0.792. The standard InChI is InChI=1S/C18H20N4S/c1-12-3-5-13(6-4-12)14-7-16-17(15-9-20-21(2)10-15)11-22(23)18(16)19-8-14/h5,7-12,23H,3-4,6H2,1-2H3. The van der Waals surface area contributed by atoms with Crippen molar-refractivity contribution in [3.05, 3.63) is 42.5 Å². The molecule has 5 heteroatoms. The second-order valence-electron chi connectivity index (χ2n) is 6.49. The number of allylic oxidation sites excluding steroid dienone is 2. The van der Waals surface area contributed by atoms with Crippen LogP contribution in [0, 0.1) is 5.92 Å². The van der Waals surface area contributed by atoms with E-state index >= 15 is 0 Å². The van der Waals surface area contributed by atoms with Crippen LogP contribution in [0.2, 0.25) is 0 Å². The zero-order valence-corrected chi connectivity index (χ0v) is 14.3. The first-order valence-electron chi connectivity index (χ1n) is 8.00. The largest absolute Gasteiger partial charge is 0.277 e. The Morgan fingerprint density at radius 2 is 2.09 bits per heavy atom. The minimum Gasteiger partial charge on any atom is -0.277 e. The molecule has 1 aliphatic carbocycles. The number of thiol groups is 1. The van der Waals surface area contributed by atoms with Crippen LogP contribution in [0.5, 0.6) is 0 Å². The highest BCUT2D eigenvalue weighted by Crippen LogP contribution is 2.34. The Bertz CT molecular complexity index is 903. The topological polar surface area (TPSA) is 35.6 Å². The maximum Gasteiger partial charge on any atom is 0.150 e. The second-order valence-corrected chi connectivity index (χ2v) is 6.93. The van der Waals surface area contributed by atoms with Gasteiger partial charge in [0.2, 0.25) is 0 Å². The van der Waals surface area contributed by atoms with Crippen molar-refractivity contribution >= 4 is 29.4 Å². The third-order valence-corrected chi connectivity index (χ3v) is 4.99. The molecule has 0 N–H and O–H groups in total. The highest BCUT2D eigenvalue weighted by molar-refractivity contribution is 7.78. The molecule has 0 fully saturated rings. The van der Waals surface area contributed by atoms with Crippen molar-refractivity contribution in [3.63, 3.8) is 0 Å². The lowest BCUT2D eigenvalue weighted by Crippen LogP contribution is -2.01. The van der Waals surface area contributed by atoms with E-state index in [1.165, 1.54) is 17.6 Å². The highest BCUT2D eigenvalue weighted by atomic mass is 32.1. The van der Waals surface area contributed by atoms with E-state index in [9.17, 15) is 0 Å². The lowest BCUT2D eigenvalue weighted by Gasteiger charge is -2.18. The molecule has 0 aromatic carbocycles. The third kappa shape index (κ3) is 2.59. The van der Waals surface area contributed by atoms with Gasteiger partial charge in [-0.25, -0.2) is 4.98 Å². The molecule has 3 heterocycles. The molecule has 118 valence electrons. The minimum atomic E-state index is 0.792. The molecule has 0 aliphatic heterocycles. The van der Waals surface area contributed by atoms with Crippen molar-refractivity contribution in [1.29, 1.82) is 0 Å². The van der Waals surface area contributed by atoms with Crippen LogP contribution >= 0.6 is 12.8 Å². The quantitative estimate of drug-likeness (QED) is 0.712. The summed E-state index contributed by atoms with van der Waals surface area (Å²) in [4.78, 5) is 4.65. The summed E-state index contributed by atoms with van der Waals surface area (Å²) in [6.45, 7) is 2.32. The van der Waals surface area contributed by atoms with Gasteiger partial charge in [-0.05, 0) is 42.4 Å². The number of aryl methyl sites for hydroxylation is 1. The van der Waals surface area contributed by atoms with E-state index in [-0.39, 0.29) is 0 Å². The van der Waals surface area contributed by atoms with Gasteiger partial charge in [-0.3, -0.25) is 8.65 Å². The van der Waals surface area contributed by atoms with Gasteiger partial charge in [0.05, 0.1) is 6.20 Å². The molecular weight excluding hydrogens is 304 g/mol. The normalized spacial score (nSPS) is 18.4. The summed E-state index contributed by atoms with van der Waals surface area (Å²) in [5, 5.41) is 5.41. The number of rotatable bonds is 2. The molecule has 4 rings (SSSR count). The van der Waals surface area contributed by atoms with E-state index in [2.05, 4.69) is 42.0 Å². The van der Waals surface area contributed by atoms with Gasteiger partial charge in [0.25, 0.3) is 0 Å². The SMILES string of the molecule is CC1CC=C(c2cnc3c(c2)c(-c2cnn(C)c2)cn3S)CC1. The van der Waals surface area contributed by atoms with Crippen LogP contribution in [0.15, 0.2) is 36.9 Å². The average molecular weight is 324 g/mol. The van der Waals surface area contributed by atoms with Crippen molar-refractivity contribution in [2.45, 2.75) is 26.2 Å². The summed E-state index contributed by atoms with van der Waals surface area (Å²) >= 11 is 4.51. The summed E-state index contributed by atoms with van der Waals surface area (Å²) < 4.78 is 3.61. The van der Waals surface area contributed by atoms with Crippen LogP contribution in [0.4, 0.5) is 0 Å². The van der Waals surface area contributed by atoms with E-state index < -0.39 is 0 Å². The lowest BCUT2D eigenvalue weighted by atomic mass is 9.88. The third-order valence-electron chi connectivity index (χ3n) is 4.68. The summed E-state index contributed by atoms with van der Waals surface area (Å²) in [5.74, 6) is 0.792. The molecule has 23 heavy (non-hydrogen) atoms. The molecule has 0 radical (unpaired) electrons. The molecule has 1 aliphatic rings. The molecular formula is C18H20N4S. The summed E-state index contributed by atoms with van der Waals surface area (Å²) in [5.41, 5.74) is 5.76. The fourth-order valence-corrected chi connectivity index (χ4v) is 3.56. The molecule has 0 amide bonds. The van der Waals surface area contributed by atoms with Crippen molar-refractivity contribution in [2.75, 3.05) is 0 Å². The number of fused-ring (bicyclic) bond motifs is 1. The highest BCUT2D eigenvalue weighted by Gasteiger charge is 2.16. The summed E-state index contributed by atoms with van der Waals surface area (Å²) in [7, 11) is 1.93. The van der Waals surface area contributed by atoms with Crippen molar-refractivity contribution in [3.8, 4) is 11.1 Å². The van der Waals surface area contributed by atoms with Gasteiger partial charge in [0.1, 0.15) is 5.65 Å². The number of hydrogen-bond acceptors (Lipinski definition) is 3. The summed E-state index contributed by atoms with van der Waals surface area (Å²) in [6.07, 6.45) is 13.8. The van der Waals surface area contributed by atoms with E-state index in [1.807, 2.05) is 36.5 Å². The Morgan fingerprint density at radius 1 is 1.22 bits per heavy atom. The first-order chi connectivity index (χ1) is 11.1. The predicted molar refractivity (Wildman–Crippen MR) is 97.3 cm³/mol. The predicted octanol–water partition coefficient (Wildman–Crippen LogP) is 4.33. The van der Waals surface area contributed by atoms with Crippen molar-refractivity contribution in [1.82, 2.24) is 18.7 Å². The van der Waals surface area contributed by atoms with E-state index in [0.717, 1.165) is 40.9 Å². The molecule has 3 aromatic rings. The van der Waals surface area contributed by atoms with E-state index in [4.69, 9.17) is 0 Å². The molecule has 3 aromatic heterocycles. The van der Waals surface area contributed by atoms with Crippen molar-refractivity contribution < 1.29 is 0 Å². The maximum absolute atomic E-state index is 4.65. The number of aromatic nitrogens is 4. The smallest absolute Gasteiger partial charge is 0.150 e. The zero-order chi connectivity index (χ0) is 16.0. The van der Waals surface area contributed by atoms with Crippen LogP contribution in [0.25, 0.3) is 27.7 Å². The van der Waals surface area contributed by atoms with Gasteiger partial charge >= 0.3 is 0 Å². The fraction of sp³-hybridized carbons (Fsp3) is 0.333. The van der Waals surface area contributed by atoms with Gasteiger partial charge in [-0.1, -0.05) is 25.8 Å². The number of hydrogen-bond donors (Lipinski definition) is 1. The van der Waals surface area contributed by atoms with Crippen LogP contribution in [0.3, 0.4) is 0 Å². The van der Waals surface area contributed by atoms with Crippen LogP contribution in [0.1, 0.15) is 31.7 Å². The first kappa shape index (κ1) is 14.6. The second kappa shape index (κ2) is 5.57. The number of nitrogens with zero attached hydrogens (tertiary/aromatic N) is 4. The molecule has 1 atom stereocenters.